The highest BCUT2D eigenvalue weighted by molar-refractivity contribution is 9.09. The highest BCUT2D eigenvalue weighted by Crippen LogP contribution is 2.49. The maximum atomic E-state index is 11.8. The van der Waals surface area contributed by atoms with Gasteiger partial charge in [-0.2, -0.15) is 0 Å². The second-order valence-electron chi connectivity index (χ2n) is 5.74. The number of unbranched alkanes of at least 4 members (excludes halogenated alkanes) is 2. The monoisotopic (exact) mass is 301 g/mol. The van der Waals surface area contributed by atoms with Crippen LogP contribution in [0.5, 0.6) is 0 Å². The molecule has 0 aromatic heterocycles. The summed E-state index contributed by atoms with van der Waals surface area (Å²) in [4.78, 5) is 11.8. The molecule has 0 saturated heterocycles. The minimum Gasteiger partial charge on any atom is -0.356 e. The van der Waals surface area contributed by atoms with Crippen molar-refractivity contribution in [1.82, 2.24) is 5.32 Å². The Kier molecular flexibility index (Phi) is 5.33. The number of carbonyl (C=O) groups is 1. The van der Waals surface area contributed by atoms with Crippen LogP contribution >= 0.6 is 15.9 Å². The minimum atomic E-state index is 0.293. The van der Waals surface area contributed by atoms with Crippen molar-refractivity contribution in [3.8, 4) is 0 Å². The second-order valence-corrected chi connectivity index (χ2v) is 6.53. The maximum absolute atomic E-state index is 11.8. The van der Waals surface area contributed by atoms with E-state index in [0.29, 0.717) is 11.8 Å². The van der Waals surface area contributed by atoms with Crippen LogP contribution in [0, 0.1) is 17.8 Å². The third-order valence-electron chi connectivity index (χ3n) is 4.46. The first-order valence-corrected chi connectivity index (χ1v) is 8.24. The van der Waals surface area contributed by atoms with E-state index >= 15 is 0 Å². The maximum Gasteiger partial charge on any atom is 0.220 e. The van der Waals surface area contributed by atoms with Crippen LogP contribution in [0.2, 0.25) is 0 Å². The third-order valence-corrected chi connectivity index (χ3v) is 5.03. The van der Waals surface area contributed by atoms with Crippen LogP contribution in [0.25, 0.3) is 0 Å². The normalized spacial score (nSPS) is 30.8. The molecule has 0 radical (unpaired) electrons. The van der Waals surface area contributed by atoms with Gasteiger partial charge in [-0.25, -0.2) is 0 Å². The van der Waals surface area contributed by atoms with Crippen LogP contribution in [0.1, 0.15) is 51.4 Å². The molecule has 2 aliphatic carbocycles. The lowest BCUT2D eigenvalue weighted by Crippen LogP contribution is -2.28. The van der Waals surface area contributed by atoms with Gasteiger partial charge in [-0.1, -0.05) is 28.8 Å². The summed E-state index contributed by atoms with van der Waals surface area (Å²) in [7, 11) is 0. The lowest BCUT2D eigenvalue weighted by molar-refractivity contribution is -0.122. The summed E-state index contributed by atoms with van der Waals surface area (Å²) in [6, 6.07) is 0. The molecule has 0 aromatic carbocycles. The summed E-state index contributed by atoms with van der Waals surface area (Å²) < 4.78 is 0. The molecule has 0 spiro atoms. The van der Waals surface area contributed by atoms with Crippen molar-refractivity contribution in [3.05, 3.63) is 0 Å². The van der Waals surface area contributed by atoms with E-state index in [2.05, 4.69) is 21.2 Å². The van der Waals surface area contributed by atoms with E-state index in [1.165, 1.54) is 38.5 Å². The van der Waals surface area contributed by atoms with E-state index in [-0.39, 0.29) is 0 Å². The van der Waals surface area contributed by atoms with Gasteiger partial charge >= 0.3 is 0 Å². The molecular formula is C14H24BrNO. The predicted molar refractivity (Wildman–Crippen MR) is 74.2 cm³/mol. The van der Waals surface area contributed by atoms with Gasteiger partial charge in [0.05, 0.1) is 0 Å². The number of fused-ring (bicyclic) bond motifs is 2. The number of amides is 1. The molecule has 1 N–H and O–H groups in total. The van der Waals surface area contributed by atoms with E-state index in [1.807, 2.05) is 0 Å². The standard InChI is InChI=1S/C14H24BrNO/c15-6-2-1-3-7-16-14(17)10-13-9-11-4-5-12(13)8-11/h11-13H,1-10H2,(H,16,17). The van der Waals surface area contributed by atoms with E-state index in [1.54, 1.807) is 0 Å². The Morgan fingerprint density at radius 2 is 2.06 bits per heavy atom. The minimum absolute atomic E-state index is 0.293. The lowest BCUT2D eigenvalue weighted by atomic mass is 9.86. The van der Waals surface area contributed by atoms with Gasteiger partial charge in [-0.05, 0) is 49.9 Å². The Balaban J connectivity index is 1.55. The molecule has 3 atom stereocenters. The molecule has 0 aliphatic heterocycles. The number of carbonyl (C=O) groups excluding carboxylic acids is 1. The molecule has 3 unspecified atom stereocenters. The fourth-order valence-electron chi connectivity index (χ4n) is 3.56. The van der Waals surface area contributed by atoms with Gasteiger partial charge in [0.1, 0.15) is 0 Å². The SMILES string of the molecule is O=C(CC1CC2CCC1C2)NCCCCCBr. The summed E-state index contributed by atoms with van der Waals surface area (Å²) in [5.41, 5.74) is 0. The lowest BCUT2D eigenvalue weighted by Gasteiger charge is -2.20. The fourth-order valence-corrected chi connectivity index (χ4v) is 3.96. The summed E-state index contributed by atoms with van der Waals surface area (Å²) >= 11 is 3.42. The molecule has 2 bridgehead atoms. The molecule has 17 heavy (non-hydrogen) atoms. The van der Waals surface area contributed by atoms with Crippen LogP contribution in [0.3, 0.4) is 0 Å². The average Bonchev–Trinajstić information content (AvgIpc) is 2.90. The van der Waals surface area contributed by atoms with Crippen LogP contribution < -0.4 is 5.32 Å². The van der Waals surface area contributed by atoms with Gasteiger partial charge in [0.2, 0.25) is 5.91 Å². The Morgan fingerprint density at radius 3 is 2.71 bits per heavy atom. The Morgan fingerprint density at radius 1 is 1.18 bits per heavy atom. The van der Waals surface area contributed by atoms with Gasteiger partial charge < -0.3 is 5.32 Å². The van der Waals surface area contributed by atoms with Gasteiger partial charge in [0, 0.05) is 18.3 Å². The Labute approximate surface area is 113 Å². The zero-order valence-electron chi connectivity index (χ0n) is 10.6. The van der Waals surface area contributed by atoms with Crippen molar-refractivity contribution in [1.29, 1.82) is 0 Å². The second kappa shape index (κ2) is 6.77. The summed E-state index contributed by atoms with van der Waals surface area (Å²) in [6.45, 7) is 0.868. The van der Waals surface area contributed by atoms with E-state index < -0.39 is 0 Å². The van der Waals surface area contributed by atoms with Crippen molar-refractivity contribution >= 4 is 21.8 Å². The molecule has 0 aromatic rings. The fraction of sp³-hybridized carbons (Fsp3) is 0.929. The molecule has 2 rings (SSSR count). The molecule has 2 aliphatic rings. The van der Waals surface area contributed by atoms with Crippen molar-refractivity contribution in [2.24, 2.45) is 17.8 Å². The topological polar surface area (TPSA) is 29.1 Å². The zero-order valence-corrected chi connectivity index (χ0v) is 12.2. The first-order chi connectivity index (χ1) is 8.29. The van der Waals surface area contributed by atoms with E-state index in [4.69, 9.17) is 0 Å². The number of halogens is 1. The van der Waals surface area contributed by atoms with E-state index in [0.717, 1.165) is 36.6 Å². The van der Waals surface area contributed by atoms with Crippen molar-refractivity contribution in [2.75, 3.05) is 11.9 Å². The zero-order chi connectivity index (χ0) is 12.1. The van der Waals surface area contributed by atoms with Crippen LogP contribution in [-0.2, 0) is 4.79 Å². The molecule has 2 fully saturated rings. The Hall–Kier alpha value is -0.0500. The van der Waals surface area contributed by atoms with Crippen molar-refractivity contribution in [3.63, 3.8) is 0 Å². The summed E-state index contributed by atoms with van der Waals surface area (Å²) in [6.07, 6.45) is 9.86. The van der Waals surface area contributed by atoms with Gasteiger partial charge in [0.25, 0.3) is 0 Å². The van der Waals surface area contributed by atoms with Gasteiger partial charge in [0.15, 0.2) is 0 Å². The molecule has 98 valence electrons. The molecule has 3 heteroatoms. The predicted octanol–water partition coefficient (Wildman–Crippen LogP) is 3.49. The Bertz CT molecular complexity index is 257. The van der Waals surface area contributed by atoms with Gasteiger partial charge in [-0.3, -0.25) is 4.79 Å². The quantitative estimate of drug-likeness (QED) is 0.566. The van der Waals surface area contributed by atoms with Crippen LogP contribution in [0.15, 0.2) is 0 Å². The molecule has 2 saturated carbocycles. The number of nitrogens with one attached hydrogen (secondary N) is 1. The average molecular weight is 302 g/mol. The number of hydrogen-bond donors (Lipinski definition) is 1. The van der Waals surface area contributed by atoms with Crippen molar-refractivity contribution < 1.29 is 4.79 Å². The highest BCUT2D eigenvalue weighted by Gasteiger charge is 2.39. The van der Waals surface area contributed by atoms with Crippen LogP contribution in [-0.4, -0.2) is 17.8 Å². The summed E-state index contributed by atoms with van der Waals surface area (Å²) in [5, 5.41) is 4.15. The summed E-state index contributed by atoms with van der Waals surface area (Å²) in [5.74, 6) is 2.83. The molecule has 2 nitrogen and oxygen atoms in total. The van der Waals surface area contributed by atoms with Crippen LogP contribution in [0.4, 0.5) is 0 Å². The van der Waals surface area contributed by atoms with Crippen molar-refractivity contribution in [2.45, 2.75) is 51.4 Å². The molecular weight excluding hydrogens is 278 g/mol. The van der Waals surface area contributed by atoms with E-state index in [9.17, 15) is 4.79 Å². The van der Waals surface area contributed by atoms with Gasteiger partial charge in [-0.15, -0.1) is 0 Å². The molecule has 1 amide bonds. The number of alkyl halides is 1. The number of rotatable bonds is 7. The smallest absolute Gasteiger partial charge is 0.220 e. The largest absolute Gasteiger partial charge is 0.356 e. The first kappa shape index (κ1) is 13.4. The first-order valence-electron chi connectivity index (χ1n) is 7.12. The molecule has 0 heterocycles. The highest BCUT2D eigenvalue weighted by atomic mass is 79.9. The third kappa shape index (κ3) is 3.97. The number of hydrogen-bond acceptors (Lipinski definition) is 1.